The van der Waals surface area contributed by atoms with Crippen LogP contribution in [0.4, 0.5) is 5.69 Å². The van der Waals surface area contributed by atoms with Gasteiger partial charge in [0.25, 0.3) is 0 Å². The van der Waals surface area contributed by atoms with Gasteiger partial charge in [0.1, 0.15) is 8.24 Å². The van der Waals surface area contributed by atoms with Crippen LogP contribution in [0.2, 0.25) is 19.6 Å². The minimum Gasteiger partial charge on any atom is -0.394 e. The van der Waals surface area contributed by atoms with Crippen LogP contribution in [0.3, 0.4) is 0 Å². The molecule has 0 radical (unpaired) electrons. The van der Waals surface area contributed by atoms with Gasteiger partial charge in [0.15, 0.2) is 0 Å². The van der Waals surface area contributed by atoms with Crippen LogP contribution in [0.1, 0.15) is 12.5 Å². The zero-order valence-corrected chi connectivity index (χ0v) is 14.8. The highest BCUT2D eigenvalue weighted by atomic mass is 79.9. The van der Waals surface area contributed by atoms with Crippen molar-refractivity contribution in [1.82, 2.24) is 0 Å². The van der Waals surface area contributed by atoms with Crippen LogP contribution in [-0.2, 0) is 6.42 Å². The maximum absolute atomic E-state index is 3.60. The third kappa shape index (κ3) is 3.60. The standard InChI is InChI=1S/C16H22BrNSi/c1-13-6-5-11-18(19(2,3)4)16-10-9-15(17)12-14(16)8-7-13/h5-7,9-10,12H,8,11H2,1-4H3. The molecule has 102 valence electrons. The van der Waals surface area contributed by atoms with Crippen molar-refractivity contribution in [3.8, 4) is 0 Å². The van der Waals surface area contributed by atoms with E-state index in [1.807, 2.05) is 0 Å². The minimum absolute atomic E-state index is 1.01. The predicted molar refractivity (Wildman–Crippen MR) is 91.4 cm³/mol. The normalized spacial score (nSPS) is 16.3. The molecule has 1 aromatic carbocycles. The molecule has 1 nitrogen and oxygen atoms in total. The van der Waals surface area contributed by atoms with Crippen LogP contribution >= 0.6 is 15.9 Å². The number of benzene rings is 1. The highest BCUT2D eigenvalue weighted by molar-refractivity contribution is 9.10. The summed E-state index contributed by atoms with van der Waals surface area (Å²) in [6, 6.07) is 6.68. The number of nitrogens with zero attached hydrogens (tertiary/aromatic N) is 1. The molecule has 0 saturated carbocycles. The molecule has 0 aliphatic carbocycles. The van der Waals surface area contributed by atoms with E-state index >= 15 is 0 Å². The van der Waals surface area contributed by atoms with Crippen LogP contribution in [0.15, 0.2) is 46.5 Å². The van der Waals surface area contributed by atoms with Gasteiger partial charge in [-0.15, -0.1) is 0 Å². The molecule has 3 heteroatoms. The van der Waals surface area contributed by atoms with Crippen molar-refractivity contribution in [3.05, 3.63) is 52.0 Å². The van der Waals surface area contributed by atoms with Gasteiger partial charge in [-0.05, 0) is 37.1 Å². The van der Waals surface area contributed by atoms with Gasteiger partial charge in [0, 0.05) is 16.7 Å². The van der Waals surface area contributed by atoms with Crippen molar-refractivity contribution in [2.24, 2.45) is 0 Å². The Labute approximate surface area is 126 Å². The van der Waals surface area contributed by atoms with Crippen molar-refractivity contribution in [2.75, 3.05) is 11.1 Å². The molecule has 0 amide bonds. The Kier molecular flexibility index (Phi) is 4.36. The lowest BCUT2D eigenvalue weighted by Gasteiger charge is -2.37. The third-order valence-corrected chi connectivity index (χ3v) is 5.99. The quantitative estimate of drug-likeness (QED) is 0.641. The number of halogens is 1. The van der Waals surface area contributed by atoms with E-state index in [2.05, 4.69) is 83.5 Å². The van der Waals surface area contributed by atoms with Crippen molar-refractivity contribution in [2.45, 2.75) is 33.0 Å². The maximum atomic E-state index is 3.60. The Balaban J connectivity index is 2.53. The van der Waals surface area contributed by atoms with E-state index in [4.69, 9.17) is 0 Å². The summed E-state index contributed by atoms with van der Waals surface area (Å²) < 4.78 is 3.78. The zero-order chi connectivity index (χ0) is 14.0. The van der Waals surface area contributed by atoms with Gasteiger partial charge in [-0.25, -0.2) is 0 Å². The topological polar surface area (TPSA) is 3.24 Å². The number of fused-ring (bicyclic) bond motifs is 1. The number of hydrogen-bond donors (Lipinski definition) is 0. The van der Waals surface area contributed by atoms with E-state index in [0.717, 1.165) is 13.0 Å². The van der Waals surface area contributed by atoms with Gasteiger partial charge in [0.2, 0.25) is 0 Å². The summed E-state index contributed by atoms with van der Waals surface area (Å²) in [4.78, 5) is 0. The Morgan fingerprint density at radius 1 is 1.21 bits per heavy atom. The molecule has 0 bridgehead atoms. The second kappa shape index (κ2) is 5.67. The van der Waals surface area contributed by atoms with E-state index in [1.54, 1.807) is 0 Å². The van der Waals surface area contributed by atoms with E-state index in [9.17, 15) is 0 Å². The second-order valence-corrected chi connectivity index (χ2v) is 11.9. The molecule has 0 atom stereocenters. The first-order chi connectivity index (χ1) is 8.88. The number of hydrogen-bond acceptors (Lipinski definition) is 1. The lowest BCUT2D eigenvalue weighted by molar-refractivity contribution is 1.10. The highest BCUT2D eigenvalue weighted by Crippen LogP contribution is 2.30. The fraction of sp³-hybridized carbons (Fsp3) is 0.375. The molecule has 0 saturated heterocycles. The molecule has 0 unspecified atom stereocenters. The molecule has 0 aromatic heterocycles. The van der Waals surface area contributed by atoms with Gasteiger partial charge in [-0.1, -0.05) is 59.4 Å². The summed E-state index contributed by atoms with van der Waals surface area (Å²) in [6.07, 6.45) is 7.86. The van der Waals surface area contributed by atoms with Crippen molar-refractivity contribution >= 4 is 29.9 Å². The second-order valence-electron chi connectivity index (χ2n) is 6.11. The molecule has 1 heterocycles. The average Bonchev–Trinajstić information content (AvgIpc) is 2.38. The minimum atomic E-state index is -1.38. The molecule has 1 aromatic rings. The van der Waals surface area contributed by atoms with Crippen molar-refractivity contribution in [1.29, 1.82) is 0 Å². The van der Waals surface area contributed by atoms with Gasteiger partial charge in [-0.2, -0.15) is 0 Å². The van der Waals surface area contributed by atoms with Crippen LogP contribution in [0.25, 0.3) is 0 Å². The molecule has 1 aliphatic heterocycles. The monoisotopic (exact) mass is 335 g/mol. The number of anilines is 1. The summed E-state index contributed by atoms with van der Waals surface area (Å²) in [6.45, 7) is 10.4. The highest BCUT2D eigenvalue weighted by Gasteiger charge is 2.25. The predicted octanol–water partition coefficient (Wildman–Crippen LogP) is 5.15. The molecule has 0 fully saturated rings. The van der Waals surface area contributed by atoms with Crippen LogP contribution in [0.5, 0.6) is 0 Å². The summed E-state index contributed by atoms with van der Waals surface area (Å²) in [5.41, 5.74) is 4.17. The molecule has 0 spiro atoms. The van der Waals surface area contributed by atoms with E-state index in [1.165, 1.54) is 21.3 Å². The fourth-order valence-electron chi connectivity index (χ4n) is 2.40. The average molecular weight is 336 g/mol. The van der Waals surface area contributed by atoms with E-state index in [0.29, 0.717) is 0 Å². The smallest absolute Gasteiger partial charge is 0.147 e. The lowest BCUT2D eigenvalue weighted by atomic mass is 10.1. The van der Waals surface area contributed by atoms with Gasteiger partial charge in [0.05, 0.1) is 0 Å². The first-order valence-electron chi connectivity index (χ1n) is 6.77. The Morgan fingerprint density at radius 2 is 1.95 bits per heavy atom. The largest absolute Gasteiger partial charge is 0.394 e. The van der Waals surface area contributed by atoms with Crippen molar-refractivity contribution in [3.63, 3.8) is 0 Å². The first-order valence-corrected chi connectivity index (χ1v) is 11.0. The fourth-order valence-corrected chi connectivity index (χ4v) is 4.40. The Morgan fingerprint density at radius 3 is 2.63 bits per heavy atom. The number of allylic oxidation sites excluding steroid dienone is 3. The van der Waals surface area contributed by atoms with Crippen LogP contribution in [0, 0.1) is 0 Å². The first kappa shape index (κ1) is 14.6. The molecule has 0 N–H and O–H groups in total. The molecule has 19 heavy (non-hydrogen) atoms. The maximum Gasteiger partial charge on any atom is 0.147 e. The molecular formula is C16H22BrNSi. The summed E-state index contributed by atoms with van der Waals surface area (Å²) in [5.74, 6) is 0. The van der Waals surface area contributed by atoms with Crippen LogP contribution in [-0.4, -0.2) is 14.8 Å². The lowest BCUT2D eigenvalue weighted by Crippen LogP contribution is -2.46. The van der Waals surface area contributed by atoms with E-state index < -0.39 is 8.24 Å². The van der Waals surface area contributed by atoms with Gasteiger partial charge >= 0.3 is 0 Å². The van der Waals surface area contributed by atoms with Crippen LogP contribution < -0.4 is 4.57 Å². The van der Waals surface area contributed by atoms with E-state index in [-0.39, 0.29) is 0 Å². The summed E-state index contributed by atoms with van der Waals surface area (Å²) >= 11 is 3.60. The third-order valence-electron chi connectivity index (χ3n) is 3.45. The molecular weight excluding hydrogens is 314 g/mol. The Hall–Kier alpha value is -0.803. The van der Waals surface area contributed by atoms with Gasteiger partial charge in [-0.3, -0.25) is 0 Å². The summed E-state index contributed by atoms with van der Waals surface area (Å²) in [5, 5.41) is 0. The summed E-state index contributed by atoms with van der Waals surface area (Å²) in [7, 11) is -1.38. The molecule has 2 rings (SSSR count). The van der Waals surface area contributed by atoms with Gasteiger partial charge < -0.3 is 4.57 Å². The molecule has 1 aliphatic rings. The zero-order valence-electron chi connectivity index (χ0n) is 12.2. The number of rotatable bonds is 1. The SMILES string of the molecule is CC1=CCc2cc(Br)ccc2N([Si](C)(C)C)CC=C1. The Bertz CT molecular complexity index is 526. The van der Waals surface area contributed by atoms with Crippen molar-refractivity contribution < 1.29 is 0 Å².